The second-order valence-corrected chi connectivity index (χ2v) is 4.35. The van der Waals surface area contributed by atoms with Gasteiger partial charge in [0.2, 0.25) is 0 Å². The van der Waals surface area contributed by atoms with Gasteiger partial charge in [0.1, 0.15) is 11.8 Å². The topological polar surface area (TPSA) is 64.6 Å². The number of ether oxygens (including phenoxy) is 2. The first-order valence-electron chi connectivity index (χ1n) is 6.01. The molecule has 1 N–H and O–H groups in total. The summed E-state index contributed by atoms with van der Waals surface area (Å²) in [6.07, 6.45) is 0. The number of aryl methyl sites for hydroxylation is 2. The van der Waals surface area contributed by atoms with Crippen LogP contribution in [0, 0.1) is 13.8 Å². The van der Waals surface area contributed by atoms with Crippen LogP contribution in [0.15, 0.2) is 18.2 Å². The summed E-state index contributed by atoms with van der Waals surface area (Å²) >= 11 is 0. The summed E-state index contributed by atoms with van der Waals surface area (Å²) in [6.45, 7) is 5.40. The van der Waals surface area contributed by atoms with Gasteiger partial charge in [0.25, 0.3) is 5.91 Å². The molecule has 0 heterocycles. The number of hydrogen-bond donors (Lipinski definition) is 1. The first kappa shape index (κ1) is 15.0. The number of carbonyl (C=O) groups excluding carboxylic acids is 2. The number of esters is 1. The second kappa shape index (κ2) is 6.78. The van der Waals surface area contributed by atoms with Gasteiger partial charge in [0.05, 0.1) is 7.11 Å². The molecule has 104 valence electrons. The number of amides is 1. The van der Waals surface area contributed by atoms with Crippen LogP contribution in [0.2, 0.25) is 0 Å². The van der Waals surface area contributed by atoms with E-state index in [-0.39, 0.29) is 12.5 Å². The van der Waals surface area contributed by atoms with Crippen molar-refractivity contribution in [2.45, 2.75) is 26.8 Å². The summed E-state index contributed by atoms with van der Waals surface area (Å²) in [5.74, 6) is -0.223. The fourth-order valence-electron chi connectivity index (χ4n) is 1.47. The molecule has 0 saturated heterocycles. The van der Waals surface area contributed by atoms with E-state index in [4.69, 9.17) is 4.74 Å². The van der Waals surface area contributed by atoms with Gasteiger partial charge in [-0.15, -0.1) is 0 Å². The number of benzene rings is 1. The van der Waals surface area contributed by atoms with Crippen LogP contribution in [0.5, 0.6) is 5.75 Å². The molecule has 1 rings (SSSR count). The third-order valence-electron chi connectivity index (χ3n) is 2.78. The highest BCUT2D eigenvalue weighted by Crippen LogP contribution is 2.16. The molecule has 0 aliphatic rings. The zero-order valence-corrected chi connectivity index (χ0v) is 11.6. The Balaban J connectivity index is 2.46. The van der Waals surface area contributed by atoms with Crippen molar-refractivity contribution in [2.75, 3.05) is 13.7 Å². The molecule has 19 heavy (non-hydrogen) atoms. The molecule has 1 atom stereocenters. The quantitative estimate of drug-likeness (QED) is 0.816. The van der Waals surface area contributed by atoms with Crippen molar-refractivity contribution in [1.29, 1.82) is 0 Å². The summed E-state index contributed by atoms with van der Waals surface area (Å²) in [5.41, 5.74) is 2.26. The first-order chi connectivity index (χ1) is 8.93. The van der Waals surface area contributed by atoms with Gasteiger partial charge in [-0.25, -0.2) is 4.79 Å². The van der Waals surface area contributed by atoms with Crippen LogP contribution in [0.25, 0.3) is 0 Å². The number of methoxy groups -OCH3 is 1. The van der Waals surface area contributed by atoms with Crippen molar-refractivity contribution in [3.05, 3.63) is 29.3 Å². The Morgan fingerprint density at radius 1 is 1.26 bits per heavy atom. The van der Waals surface area contributed by atoms with Crippen molar-refractivity contribution in [2.24, 2.45) is 0 Å². The zero-order valence-electron chi connectivity index (χ0n) is 11.6. The standard InChI is InChI=1S/C14H19NO4/c1-9-5-6-12(7-10(9)2)19-8-13(16)15-11(3)14(17)18-4/h5-7,11H,8H2,1-4H3,(H,15,16)/t11-/m1/s1. The molecule has 1 amide bonds. The molecule has 1 aromatic rings. The lowest BCUT2D eigenvalue weighted by Crippen LogP contribution is -2.41. The summed E-state index contributed by atoms with van der Waals surface area (Å²) in [6, 6.07) is 4.92. The van der Waals surface area contributed by atoms with Gasteiger partial charge in [-0.3, -0.25) is 4.79 Å². The smallest absolute Gasteiger partial charge is 0.328 e. The highest BCUT2D eigenvalue weighted by Gasteiger charge is 2.15. The Labute approximate surface area is 112 Å². The average Bonchev–Trinajstić information content (AvgIpc) is 2.39. The van der Waals surface area contributed by atoms with Crippen molar-refractivity contribution >= 4 is 11.9 Å². The molecule has 5 nitrogen and oxygen atoms in total. The van der Waals surface area contributed by atoms with E-state index >= 15 is 0 Å². The van der Waals surface area contributed by atoms with Gasteiger partial charge in [-0.2, -0.15) is 0 Å². The van der Waals surface area contributed by atoms with Gasteiger partial charge in [-0.05, 0) is 44.0 Å². The minimum absolute atomic E-state index is 0.135. The van der Waals surface area contributed by atoms with Gasteiger partial charge >= 0.3 is 5.97 Å². The fraction of sp³-hybridized carbons (Fsp3) is 0.429. The molecule has 1 aromatic carbocycles. The Bertz CT molecular complexity index is 471. The maximum absolute atomic E-state index is 11.6. The van der Waals surface area contributed by atoms with Gasteiger partial charge < -0.3 is 14.8 Å². The monoisotopic (exact) mass is 265 g/mol. The molecule has 0 aliphatic carbocycles. The van der Waals surface area contributed by atoms with E-state index in [2.05, 4.69) is 10.1 Å². The Morgan fingerprint density at radius 2 is 1.95 bits per heavy atom. The first-order valence-corrected chi connectivity index (χ1v) is 6.01. The zero-order chi connectivity index (χ0) is 14.4. The van der Waals surface area contributed by atoms with Gasteiger partial charge in [-0.1, -0.05) is 6.07 Å². The van der Waals surface area contributed by atoms with E-state index in [1.165, 1.54) is 7.11 Å². The van der Waals surface area contributed by atoms with Gasteiger partial charge in [0, 0.05) is 0 Å². The normalized spacial score (nSPS) is 11.6. The van der Waals surface area contributed by atoms with E-state index in [0.29, 0.717) is 5.75 Å². The number of hydrogen-bond acceptors (Lipinski definition) is 4. The predicted molar refractivity (Wildman–Crippen MR) is 71.0 cm³/mol. The van der Waals surface area contributed by atoms with Crippen LogP contribution in [-0.2, 0) is 14.3 Å². The van der Waals surface area contributed by atoms with Gasteiger partial charge in [0.15, 0.2) is 6.61 Å². The second-order valence-electron chi connectivity index (χ2n) is 4.35. The number of rotatable bonds is 5. The van der Waals surface area contributed by atoms with Crippen molar-refractivity contribution in [1.82, 2.24) is 5.32 Å². The van der Waals surface area contributed by atoms with Crippen LogP contribution in [0.4, 0.5) is 0 Å². The van der Waals surface area contributed by atoms with Crippen LogP contribution in [-0.4, -0.2) is 31.6 Å². The fourth-order valence-corrected chi connectivity index (χ4v) is 1.47. The lowest BCUT2D eigenvalue weighted by Gasteiger charge is -2.12. The van der Waals surface area contributed by atoms with Crippen molar-refractivity contribution in [3.63, 3.8) is 0 Å². The number of carbonyl (C=O) groups is 2. The van der Waals surface area contributed by atoms with Crippen molar-refractivity contribution in [3.8, 4) is 5.75 Å². The van der Waals surface area contributed by atoms with E-state index in [0.717, 1.165) is 11.1 Å². The summed E-state index contributed by atoms with van der Waals surface area (Å²) in [4.78, 5) is 22.7. The average molecular weight is 265 g/mol. The molecule has 5 heteroatoms. The van der Waals surface area contributed by atoms with Crippen LogP contribution < -0.4 is 10.1 Å². The Hall–Kier alpha value is -2.04. The maximum Gasteiger partial charge on any atom is 0.328 e. The predicted octanol–water partition coefficient (Wildman–Crippen LogP) is 1.36. The van der Waals surface area contributed by atoms with E-state index < -0.39 is 12.0 Å². The maximum atomic E-state index is 11.6. The molecule has 0 aromatic heterocycles. The Kier molecular flexibility index (Phi) is 5.36. The van der Waals surface area contributed by atoms with E-state index in [9.17, 15) is 9.59 Å². The minimum atomic E-state index is -0.680. The van der Waals surface area contributed by atoms with Crippen LogP contribution >= 0.6 is 0 Å². The minimum Gasteiger partial charge on any atom is -0.484 e. The molecule has 0 radical (unpaired) electrons. The molecule has 0 spiro atoms. The van der Waals surface area contributed by atoms with Crippen LogP contribution in [0.3, 0.4) is 0 Å². The highest BCUT2D eigenvalue weighted by molar-refractivity contribution is 5.84. The third kappa shape index (κ3) is 4.62. The third-order valence-corrected chi connectivity index (χ3v) is 2.78. The summed E-state index contributed by atoms with van der Waals surface area (Å²) in [5, 5.41) is 2.49. The molecule has 0 unspecified atom stereocenters. The largest absolute Gasteiger partial charge is 0.484 e. The van der Waals surface area contributed by atoms with E-state index in [1.807, 2.05) is 26.0 Å². The number of nitrogens with one attached hydrogen (secondary N) is 1. The molecular formula is C14H19NO4. The molecule has 0 fully saturated rings. The SMILES string of the molecule is COC(=O)[C@@H](C)NC(=O)COc1ccc(C)c(C)c1. The molecule has 0 bridgehead atoms. The summed E-state index contributed by atoms with van der Waals surface area (Å²) < 4.78 is 9.86. The lowest BCUT2D eigenvalue weighted by molar-refractivity contribution is -0.144. The lowest BCUT2D eigenvalue weighted by atomic mass is 10.1. The highest BCUT2D eigenvalue weighted by atomic mass is 16.5. The van der Waals surface area contributed by atoms with E-state index in [1.54, 1.807) is 13.0 Å². The van der Waals surface area contributed by atoms with Crippen LogP contribution in [0.1, 0.15) is 18.1 Å². The Morgan fingerprint density at radius 3 is 2.53 bits per heavy atom. The summed E-state index contributed by atoms with van der Waals surface area (Å²) in [7, 11) is 1.27. The molecular weight excluding hydrogens is 246 g/mol. The van der Waals surface area contributed by atoms with Crippen molar-refractivity contribution < 1.29 is 19.1 Å². The molecule has 0 saturated carbocycles. The molecule has 0 aliphatic heterocycles.